The van der Waals surface area contributed by atoms with Crippen molar-refractivity contribution >= 4 is 0 Å². The van der Waals surface area contributed by atoms with Crippen LogP contribution in [0.3, 0.4) is 0 Å². The molecule has 3 fully saturated rings. The van der Waals surface area contributed by atoms with Gasteiger partial charge in [0.25, 0.3) is 0 Å². The number of aliphatic hydroxyl groups excluding tert-OH is 1. The Morgan fingerprint density at radius 3 is 2.52 bits per heavy atom. The van der Waals surface area contributed by atoms with Crippen molar-refractivity contribution in [3.05, 3.63) is 59.7 Å². The van der Waals surface area contributed by atoms with Gasteiger partial charge in [-0.1, -0.05) is 81.8 Å². The van der Waals surface area contributed by atoms with E-state index in [-0.39, 0.29) is 0 Å². The first-order valence-electron chi connectivity index (χ1n) is 12.8. The summed E-state index contributed by atoms with van der Waals surface area (Å²) >= 11 is 0. The average Bonchev–Trinajstić information content (AvgIpc) is 3.14. The number of allylic oxidation sites excluding steroid dienone is 3. The molecule has 0 radical (unpaired) electrons. The minimum absolute atomic E-state index is 0.310. The van der Waals surface area contributed by atoms with Crippen LogP contribution in [0.1, 0.15) is 71.8 Å². The van der Waals surface area contributed by atoms with Crippen molar-refractivity contribution < 1.29 is 5.11 Å². The fourth-order valence-electron chi connectivity index (χ4n) is 8.82. The predicted molar refractivity (Wildman–Crippen MR) is 130 cm³/mol. The number of hydrogen-bond acceptors (Lipinski definition) is 1. The summed E-state index contributed by atoms with van der Waals surface area (Å²) in [4.78, 5) is 0. The Balaban J connectivity index is 1.36. The van der Waals surface area contributed by atoms with Crippen LogP contribution >= 0.6 is 0 Å². The molecule has 0 amide bonds. The van der Waals surface area contributed by atoms with Crippen LogP contribution in [0.25, 0.3) is 0 Å². The van der Waals surface area contributed by atoms with Gasteiger partial charge in [-0.25, -0.2) is 0 Å². The molecule has 5 rings (SSSR count). The van der Waals surface area contributed by atoms with E-state index in [0.29, 0.717) is 34.7 Å². The molecule has 4 aliphatic carbocycles. The van der Waals surface area contributed by atoms with Crippen molar-refractivity contribution in [3.8, 4) is 0 Å². The van der Waals surface area contributed by atoms with Gasteiger partial charge in [0.1, 0.15) is 0 Å². The highest BCUT2D eigenvalue weighted by molar-refractivity contribution is 5.47. The number of fused-ring (bicyclic) bond motifs is 4. The summed E-state index contributed by atoms with van der Waals surface area (Å²) < 4.78 is 0. The molecule has 0 unspecified atom stereocenters. The minimum atomic E-state index is 0.310. The highest BCUT2D eigenvalue weighted by Crippen LogP contribution is 2.78. The zero-order valence-electron chi connectivity index (χ0n) is 20.2. The third-order valence-electron chi connectivity index (χ3n) is 10.4. The SMILES string of the molecule is C=C1C=C2[C@@]3(CC[C@@H](C[C@H](CO)Cc4ccccc4)C3)CC[C@@H](C)[C@@]2(C)[C@H]2[C@H]1C2(C)C. The lowest BCUT2D eigenvalue weighted by molar-refractivity contribution is 0.0696. The summed E-state index contributed by atoms with van der Waals surface area (Å²) in [5, 5.41) is 10.1. The van der Waals surface area contributed by atoms with Gasteiger partial charge in [-0.3, -0.25) is 0 Å². The van der Waals surface area contributed by atoms with Crippen molar-refractivity contribution in [1.29, 1.82) is 0 Å². The van der Waals surface area contributed by atoms with Gasteiger partial charge < -0.3 is 5.11 Å². The maximum atomic E-state index is 10.1. The molecule has 1 heteroatoms. The summed E-state index contributed by atoms with van der Waals surface area (Å²) in [5.41, 5.74) is 5.71. The molecule has 0 saturated heterocycles. The van der Waals surface area contributed by atoms with Gasteiger partial charge in [-0.05, 0) is 96.3 Å². The van der Waals surface area contributed by atoms with Crippen LogP contribution in [0, 0.1) is 45.8 Å². The molecule has 1 spiro atoms. The van der Waals surface area contributed by atoms with Gasteiger partial charge in [-0.15, -0.1) is 0 Å². The summed E-state index contributed by atoms with van der Waals surface area (Å²) in [5.74, 6) is 3.38. The quantitative estimate of drug-likeness (QED) is 0.535. The second kappa shape index (κ2) is 7.34. The zero-order chi connectivity index (χ0) is 22.0. The Labute approximate surface area is 190 Å². The summed E-state index contributed by atoms with van der Waals surface area (Å²) in [7, 11) is 0. The molecule has 1 aromatic rings. The highest BCUT2D eigenvalue weighted by atomic mass is 16.3. The molecule has 7 atom stereocenters. The van der Waals surface area contributed by atoms with E-state index in [9.17, 15) is 5.11 Å². The van der Waals surface area contributed by atoms with Gasteiger partial charge in [0, 0.05) is 6.61 Å². The molecule has 3 saturated carbocycles. The number of rotatable bonds is 5. The Morgan fingerprint density at radius 2 is 1.81 bits per heavy atom. The van der Waals surface area contributed by atoms with E-state index in [4.69, 9.17) is 0 Å². The lowest BCUT2D eigenvalue weighted by Gasteiger charge is -2.54. The molecule has 0 heterocycles. The Kier molecular flexibility index (Phi) is 5.09. The topological polar surface area (TPSA) is 20.2 Å². The first-order chi connectivity index (χ1) is 14.7. The van der Waals surface area contributed by atoms with Crippen LogP contribution in [0.15, 0.2) is 54.1 Å². The summed E-state index contributed by atoms with van der Waals surface area (Å²) in [6.45, 7) is 15.0. The number of hydrogen-bond donors (Lipinski definition) is 1. The smallest absolute Gasteiger partial charge is 0.0462 e. The molecule has 0 aromatic heterocycles. The third-order valence-corrected chi connectivity index (χ3v) is 10.4. The standard InChI is InChI=1S/C30H42O/c1-20-15-25-29(5,27-26(20)28(27,3)4)21(2)11-13-30(25)14-12-23(18-30)17-24(19-31)16-22-9-7-6-8-10-22/h6-10,15,21,23-24,26-27,31H,1,11-14,16-19H2,2-5H3/t21-,23+,24-,26+,27+,29-,30-/m1/s1. The molecule has 168 valence electrons. The van der Waals surface area contributed by atoms with E-state index < -0.39 is 0 Å². The Hall–Kier alpha value is -1.34. The molecule has 1 N–H and O–H groups in total. The fraction of sp³-hybridized carbons (Fsp3) is 0.667. The van der Waals surface area contributed by atoms with E-state index in [1.165, 1.54) is 49.7 Å². The van der Waals surface area contributed by atoms with E-state index in [0.717, 1.165) is 24.2 Å². The fourth-order valence-corrected chi connectivity index (χ4v) is 8.82. The molecular formula is C30H42O. The van der Waals surface area contributed by atoms with Gasteiger partial charge in [0.15, 0.2) is 0 Å². The average molecular weight is 419 g/mol. The maximum absolute atomic E-state index is 10.1. The van der Waals surface area contributed by atoms with E-state index >= 15 is 0 Å². The van der Waals surface area contributed by atoms with E-state index in [1.54, 1.807) is 5.57 Å². The number of aliphatic hydroxyl groups is 1. The molecule has 1 nitrogen and oxygen atoms in total. The summed E-state index contributed by atoms with van der Waals surface area (Å²) in [6.07, 6.45) is 11.5. The minimum Gasteiger partial charge on any atom is -0.396 e. The van der Waals surface area contributed by atoms with Gasteiger partial charge in [-0.2, -0.15) is 0 Å². The van der Waals surface area contributed by atoms with Crippen LogP contribution < -0.4 is 0 Å². The van der Waals surface area contributed by atoms with Gasteiger partial charge >= 0.3 is 0 Å². The predicted octanol–water partition coefficient (Wildman–Crippen LogP) is 7.22. The first kappa shape index (κ1) is 21.5. The van der Waals surface area contributed by atoms with E-state index in [1.807, 2.05) is 0 Å². The van der Waals surface area contributed by atoms with Crippen LogP contribution in [0.4, 0.5) is 0 Å². The maximum Gasteiger partial charge on any atom is 0.0462 e. The highest BCUT2D eigenvalue weighted by Gasteiger charge is 2.71. The Bertz CT molecular complexity index is 879. The van der Waals surface area contributed by atoms with Crippen LogP contribution in [0.2, 0.25) is 0 Å². The Morgan fingerprint density at radius 1 is 1.10 bits per heavy atom. The lowest BCUT2D eigenvalue weighted by atomic mass is 9.50. The van der Waals surface area contributed by atoms with Crippen LogP contribution in [-0.2, 0) is 6.42 Å². The zero-order valence-corrected chi connectivity index (χ0v) is 20.2. The molecule has 1 aromatic carbocycles. The largest absolute Gasteiger partial charge is 0.396 e. The van der Waals surface area contributed by atoms with Gasteiger partial charge in [0.05, 0.1) is 0 Å². The van der Waals surface area contributed by atoms with Crippen LogP contribution in [-0.4, -0.2) is 11.7 Å². The van der Waals surface area contributed by atoms with Crippen molar-refractivity contribution in [2.24, 2.45) is 45.8 Å². The van der Waals surface area contributed by atoms with Crippen molar-refractivity contribution in [3.63, 3.8) is 0 Å². The molecule has 0 bridgehead atoms. The van der Waals surface area contributed by atoms with Gasteiger partial charge in [0.2, 0.25) is 0 Å². The molecule has 31 heavy (non-hydrogen) atoms. The molecule has 4 aliphatic rings. The monoisotopic (exact) mass is 418 g/mol. The van der Waals surface area contributed by atoms with Crippen molar-refractivity contribution in [2.45, 2.75) is 72.6 Å². The van der Waals surface area contributed by atoms with Crippen LogP contribution in [0.5, 0.6) is 0 Å². The third kappa shape index (κ3) is 3.21. The summed E-state index contributed by atoms with van der Waals surface area (Å²) in [6, 6.07) is 10.7. The van der Waals surface area contributed by atoms with E-state index in [2.05, 4.69) is 70.7 Å². The lowest BCUT2D eigenvalue weighted by Crippen LogP contribution is -2.45. The molecule has 0 aliphatic heterocycles. The second-order valence-electron chi connectivity index (χ2n) is 12.5. The van der Waals surface area contributed by atoms with Crippen molar-refractivity contribution in [2.75, 3.05) is 6.61 Å². The second-order valence-corrected chi connectivity index (χ2v) is 12.5. The van der Waals surface area contributed by atoms with Crippen molar-refractivity contribution in [1.82, 2.24) is 0 Å². The number of benzene rings is 1. The molecular weight excluding hydrogens is 376 g/mol. The normalized spacial score (nSPS) is 41.5. The first-order valence-corrected chi connectivity index (χ1v) is 12.8.